The maximum absolute atomic E-state index is 11.7. The number of carbonyl (C=O) groups excluding carboxylic acids is 1. The highest BCUT2D eigenvalue weighted by atomic mass is 16.1. The summed E-state index contributed by atoms with van der Waals surface area (Å²) in [5.41, 5.74) is 2.40. The van der Waals surface area contributed by atoms with Gasteiger partial charge in [-0.3, -0.25) is 4.79 Å². The van der Waals surface area contributed by atoms with Crippen LogP contribution in [0.1, 0.15) is 36.6 Å². The summed E-state index contributed by atoms with van der Waals surface area (Å²) in [5.74, 6) is 0.354. The number of hydrogen-bond acceptors (Lipinski definition) is 2. The van der Waals surface area contributed by atoms with Crippen LogP contribution in [0.4, 0.5) is 0 Å². The quantitative estimate of drug-likeness (QED) is 0.840. The van der Waals surface area contributed by atoms with E-state index >= 15 is 0 Å². The molecule has 1 unspecified atom stereocenters. The van der Waals surface area contributed by atoms with Crippen LogP contribution < -0.4 is 0 Å². The number of rotatable bonds is 4. The molecule has 0 amide bonds. The van der Waals surface area contributed by atoms with Gasteiger partial charge in [0, 0.05) is 12.6 Å². The number of Topliss-reactive ketones (excluding diaryl/α,β-unsaturated/α-hetero) is 1. The van der Waals surface area contributed by atoms with E-state index in [0.717, 1.165) is 37.8 Å². The number of ketones is 1. The van der Waals surface area contributed by atoms with E-state index in [1.54, 1.807) is 0 Å². The van der Waals surface area contributed by atoms with E-state index in [1.165, 1.54) is 5.56 Å². The molecule has 1 heterocycles. The summed E-state index contributed by atoms with van der Waals surface area (Å²) < 4.78 is 2.00. The average Bonchev–Trinajstić information content (AvgIpc) is 3.06. The first kappa shape index (κ1) is 12.2. The van der Waals surface area contributed by atoms with Crippen LogP contribution in [-0.4, -0.2) is 15.3 Å². The minimum absolute atomic E-state index is 0.0398. The van der Waals surface area contributed by atoms with E-state index in [4.69, 9.17) is 0 Å². The zero-order valence-corrected chi connectivity index (χ0v) is 11.0. The van der Waals surface area contributed by atoms with Crippen LogP contribution in [0.5, 0.6) is 0 Å². The monoisotopic (exact) mass is 254 g/mol. The van der Waals surface area contributed by atoms with Gasteiger partial charge in [0.2, 0.25) is 0 Å². The fourth-order valence-corrected chi connectivity index (χ4v) is 2.71. The topological polar surface area (TPSA) is 34.9 Å². The zero-order valence-electron chi connectivity index (χ0n) is 11.0. The number of benzene rings is 1. The molecule has 1 aromatic carbocycles. The van der Waals surface area contributed by atoms with Crippen molar-refractivity contribution in [2.24, 2.45) is 0 Å². The highest BCUT2D eigenvalue weighted by Crippen LogP contribution is 2.26. The predicted octanol–water partition coefficient (Wildman–Crippen LogP) is 2.96. The molecule has 1 fully saturated rings. The van der Waals surface area contributed by atoms with Crippen LogP contribution >= 0.6 is 0 Å². The molecule has 0 radical (unpaired) electrons. The SMILES string of the molecule is O=C1CCCC1n1cnc(CCc2ccccc2)c1. The van der Waals surface area contributed by atoms with Gasteiger partial charge in [0.1, 0.15) is 0 Å². The number of nitrogens with zero attached hydrogens (tertiary/aromatic N) is 2. The van der Waals surface area contributed by atoms with Gasteiger partial charge in [-0.1, -0.05) is 30.3 Å². The smallest absolute Gasteiger partial charge is 0.155 e. The molecular formula is C16H18N2O. The first-order chi connectivity index (χ1) is 9.33. The van der Waals surface area contributed by atoms with Gasteiger partial charge in [-0.2, -0.15) is 0 Å². The summed E-state index contributed by atoms with van der Waals surface area (Å²) in [6, 6.07) is 10.5. The maximum atomic E-state index is 11.7. The Labute approximate surface area is 113 Å². The largest absolute Gasteiger partial charge is 0.327 e. The van der Waals surface area contributed by atoms with Crippen LogP contribution in [0.3, 0.4) is 0 Å². The van der Waals surface area contributed by atoms with Crippen molar-refractivity contribution in [1.29, 1.82) is 0 Å². The lowest BCUT2D eigenvalue weighted by molar-refractivity contribution is -0.120. The molecule has 0 spiro atoms. The first-order valence-corrected chi connectivity index (χ1v) is 6.92. The van der Waals surface area contributed by atoms with Gasteiger partial charge >= 0.3 is 0 Å². The van der Waals surface area contributed by atoms with Crippen LogP contribution in [0.15, 0.2) is 42.9 Å². The molecular weight excluding hydrogens is 236 g/mol. The molecule has 2 aromatic rings. The van der Waals surface area contributed by atoms with Gasteiger partial charge in [0.15, 0.2) is 5.78 Å². The van der Waals surface area contributed by atoms with Crippen LogP contribution in [0.2, 0.25) is 0 Å². The molecule has 1 atom stereocenters. The molecule has 1 aliphatic rings. The molecule has 0 aliphatic heterocycles. The first-order valence-electron chi connectivity index (χ1n) is 6.92. The van der Waals surface area contributed by atoms with E-state index < -0.39 is 0 Å². The third-order valence-corrected chi connectivity index (χ3v) is 3.80. The second-order valence-corrected chi connectivity index (χ2v) is 5.17. The highest BCUT2D eigenvalue weighted by Gasteiger charge is 2.25. The molecule has 3 heteroatoms. The molecule has 1 saturated carbocycles. The molecule has 98 valence electrons. The highest BCUT2D eigenvalue weighted by molar-refractivity contribution is 5.84. The lowest BCUT2D eigenvalue weighted by Crippen LogP contribution is -2.11. The lowest BCUT2D eigenvalue weighted by atomic mass is 10.1. The van der Waals surface area contributed by atoms with Crippen molar-refractivity contribution in [2.45, 2.75) is 38.1 Å². The molecule has 0 N–H and O–H groups in total. The molecule has 3 rings (SSSR count). The summed E-state index contributed by atoms with van der Waals surface area (Å²) >= 11 is 0. The van der Waals surface area contributed by atoms with Crippen molar-refractivity contribution < 1.29 is 4.79 Å². The number of hydrogen-bond donors (Lipinski definition) is 0. The molecule has 1 aliphatic carbocycles. The third kappa shape index (κ3) is 2.75. The molecule has 0 saturated heterocycles. The van der Waals surface area contributed by atoms with Gasteiger partial charge < -0.3 is 4.57 Å². The minimum Gasteiger partial charge on any atom is -0.327 e. The Hall–Kier alpha value is -1.90. The molecule has 19 heavy (non-hydrogen) atoms. The summed E-state index contributed by atoms with van der Waals surface area (Å²) in [4.78, 5) is 16.1. The third-order valence-electron chi connectivity index (χ3n) is 3.80. The summed E-state index contributed by atoms with van der Waals surface area (Å²) in [7, 11) is 0. The fraction of sp³-hybridized carbons (Fsp3) is 0.375. The summed E-state index contributed by atoms with van der Waals surface area (Å²) in [6.45, 7) is 0. The van der Waals surface area contributed by atoms with E-state index in [1.807, 2.05) is 23.2 Å². The van der Waals surface area contributed by atoms with Crippen LogP contribution in [0, 0.1) is 0 Å². The molecule has 1 aromatic heterocycles. The van der Waals surface area contributed by atoms with Gasteiger partial charge in [0.05, 0.1) is 18.1 Å². The van der Waals surface area contributed by atoms with Gasteiger partial charge in [-0.05, 0) is 31.2 Å². The maximum Gasteiger partial charge on any atom is 0.155 e. The minimum atomic E-state index is 0.0398. The molecule has 3 nitrogen and oxygen atoms in total. The van der Waals surface area contributed by atoms with Crippen molar-refractivity contribution in [2.75, 3.05) is 0 Å². The Kier molecular flexibility index (Phi) is 3.45. The second-order valence-electron chi connectivity index (χ2n) is 5.17. The van der Waals surface area contributed by atoms with Gasteiger partial charge in [-0.15, -0.1) is 0 Å². The van der Waals surface area contributed by atoms with E-state index in [-0.39, 0.29) is 6.04 Å². The standard InChI is InChI=1S/C16H18N2O/c19-16-8-4-7-15(16)18-11-14(17-12-18)10-9-13-5-2-1-3-6-13/h1-3,5-6,11-12,15H,4,7-10H2. The predicted molar refractivity (Wildman–Crippen MR) is 74.0 cm³/mol. The average molecular weight is 254 g/mol. The fourth-order valence-electron chi connectivity index (χ4n) is 2.71. The summed E-state index contributed by atoms with van der Waals surface area (Å²) in [6.07, 6.45) is 8.48. The van der Waals surface area contributed by atoms with Crippen molar-refractivity contribution in [1.82, 2.24) is 9.55 Å². The Morgan fingerprint density at radius 2 is 2.05 bits per heavy atom. The summed E-state index contributed by atoms with van der Waals surface area (Å²) in [5, 5.41) is 0. The number of aryl methyl sites for hydroxylation is 2. The Balaban J connectivity index is 1.64. The Morgan fingerprint density at radius 3 is 2.79 bits per heavy atom. The van der Waals surface area contributed by atoms with Gasteiger partial charge in [0.25, 0.3) is 0 Å². The Morgan fingerprint density at radius 1 is 1.21 bits per heavy atom. The normalized spacial score (nSPS) is 18.9. The van der Waals surface area contributed by atoms with E-state index in [0.29, 0.717) is 5.78 Å². The van der Waals surface area contributed by atoms with E-state index in [9.17, 15) is 4.79 Å². The van der Waals surface area contributed by atoms with Crippen molar-refractivity contribution in [3.05, 3.63) is 54.1 Å². The number of carbonyl (C=O) groups is 1. The molecule has 0 bridgehead atoms. The Bertz CT molecular complexity index is 559. The lowest BCUT2D eigenvalue weighted by Gasteiger charge is -2.08. The number of aromatic nitrogens is 2. The second kappa shape index (κ2) is 5.39. The van der Waals surface area contributed by atoms with Crippen molar-refractivity contribution in [3.8, 4) is 0 Å². The zero-order chi connectivity index (χ0) is 13.1. The van der Waals surface area contributed by atoms with Crippen molar-refractivity contribution in [3.63, 3.8) is 0 Å². The van der Waals surface area contributed by atoms with Crippen LogP contribution in [0.25, 0.3) is 0 Å². The van der Waals surface area contributed by atoms with Gasteiger partial charge in [-0.25, -0.2) is 4.98 Å². The van der Waals surface area contributed by atoms with E-state index in [2.05, 4.69) is 29.2 Å². The number of imidazole rings is 1. The van der Waals surface area contributed by atoms with Crippen LogP contribution in [-0.2, 0) is 17.6 Å². The van der Waals surface area contributed by atoms with Crippen molar-refractivity contribution >= 4 is 5.78 Å².